The average molecular weight is 490 g/mol. The number of rotatable bonds is 10. The van der Waals surface area contributed by atoms with Gasteiger partial charge in [0.2, 0.25) is 10.0 Å². The van der Waals surface area contributed by atoms with Gasteiger partial charge >= 0.3 is 0 Å². The molecule has 2 aromatic heterocycles. The number of methoxy groups -OCH3 is 2. The van der Waals surface area contributed by atoms with E-state index in [2.05, 4.69) is 9.97 Å². The Morgan fingerprint density at radius 1 is 1.12 bits per heavy atom. The van der Waals surface area contributed by atoms with Crippen LogP contribution in [0.15, 0.2) is 42.6 Å². The Kier molecular flexibility index (Phi) is 7.62. The lowest BCUT2D eigenvalue weighted by molar-refractivity contribution is 0.0782. The highest BCUT2D eigenvalue weighted by Crippen LogP contribution is 2.36. The van der Waals surface area contributed by atoms with Gasteiger partial charge in [-0.2, -0.15) is 4.31 Å². The summed E-state index contributed by atoms with van der Waals surface area (Å²) in [7, 11) is -0.283. The lowest BCUT2D eigenvalue weighted by Gasteiger charge is -2.25. The summed E-state index contributed by atoms with van der Waals surface area (Å²) >= 11 is 0. The first-order chi connectivity index (χ1) is 16.4. The van der Waals surface area contributed by atoms with Crippen LogP contribution >= 0.6 is 0 Å². The second-order valence-electron chi connectivity index (χ2n) is 7.91. The van der Waals surface area contributed by atoms with E-state index in [9.17, 15) is 12.8 Å². The number of H-pyrrole nitrogens is 1. The summed E-state index contributed by atoms with van der Waals surface area (Å²) in [5.41, 5.74) is 3.99. The number of aromatic nitrogens is 2. The monoisotopic (exact) mass is 489 g/mol. The van der Waals surface area contributed by atoms with E-state index in [4.69, 9.17) is 14.2 Å². The summed E-state index contributed by atoms with van der Waals surface area (Å²) in [6.45, 7) is 1.62. The minimum atomic E-state index is -3.40. The molecule has 3 heterocycles. The van der Waals surface area contributed by atoms with Gasteiger partial charge in [0.15, 0.2) is 0 Å². The molecule has 1 aromatic carbocycles. The molecule has 0 radical (unpaired) electrons. The molecule has 1 aliphatic rings. The van der Waals surface area contributed by atoms with Crippen molar-refractivity contribution in [2.45, 2.75) is 6.42 Å². The van der Waals surface area contributed by atoms with Crippen LogP contribution in [0, 0.1) is 5.82 Å². The van der Waals surface area contributed by atoms with E-state index in [0.29, 0.717) is 49.7 Å². The van der Waals surface area contributed by atoms with Gasteiger partial charge in [-0.3, -0.25) is 0 Å². The minimum absolute atomic E-state index is 0.0605. The summed E-state index contributed by atoms with van der Waals surface area (Å²) in [5, 5.41) is 0.838. The lowest BCUT2D eigenvalue weighted by atomic mass is 10.0. The second-order valence-corrected chi connectivity index (χ2v) is 10.00. The van der Waals surface area contributed by atoms with Crippen LogP contribution in [0.2, 0.25) is 0 Å². The zero-order valence-corrected chi connectivity index (χ0v) is 20.0. The molecule has 8 nitrogen and oxygen atoms in total. The average Bonchev–Trinajstić information content (AvgIpc) is 3.28. The fraction of sp³-hybridized carbons (Fsp3) is 0.375. The first-order valence-corrected chi connectivity index (χ1v) is 12.6. The molecule has 1 N–H and O–H groups in total. The number of pyridine rings is 1. The van der Waals surface area contributed by atoms with Crippen molar-refractivity contribution in [2.24, 2.45) is 0 Å². The molecule has 1 aliphatic heterocycles. The molecule has 0 spiro atoms. The van der Waals surface area contributed by atoms with Gasteiger partial charge in [0.25, 0.3) is 0 Å². The Labute approximate surface area is 198 Å². The van der Waals surface area contributed by atoms with E-state index in [1.54, 1.807) is 26.5 Å². The Balaban J connectivity index is 1.53. The number of hydrogen-bond donors (Lipinski definition) is 1. The zero-order chi connectivity index (χ0) is 24.1. The molecule has 0 unspecified atom stereocenters. The maximum atomic E-state index is 14.0. The maximum Gasteiger partial charge on any atom is 0.216 e. The molecule has 0 saturated carbocycles. The molecular formula is C24H28FN3O5S. The van der Waals surface area contributed by atoms with Crippen molar-refractivity contribution in [2.75, 3.05) is 52.9 Å². The highest BCUT2D eigenvalue weighted by molar-refractivity contribution is 7.89. The number of fused-ring (bicyclic) bond motifs is 1. The van der Waals surface area contributed by atoms with Gasteiger partial charge in [-0.1, -0.05) is 6.08 Å². The molecule has 182 valence electrons. The smallest absolute Gasteiger partial charge is 0.216 e. The maximum absolute atomic E-state index is 14.0. The predicted molar refractivity (Wildman–Crippen MR) is 129 cm³/mol. The molecule has 0 amide bonds. The van der Waals surface area contributed by atoms with Gasteiger partial charge < -0.3 is 19.2 Å². The lowest BCUT2D eigenvalue weighted by Crippen LogP contribution is -2.37. The summed E-state index contributed by atoms with van der Waals surface area (Å²) < 4.78 is 56.3. The van der Waals surface area contributed by atoms with E-state index in [0.717, 1.165) is 22.2 Å². The summed E-state index contributed by atoms with van der Waals surface area (Å²) in [4.78, 5) is 7.74. The van der Waals surface area contributed by atoms with Crippen LogP contribution in [-0.2, 0) is 19.5 Å². The van der Waals surface area contributed by atoms with Crippen molar-refractivity contribution in [1.82, 2.24) is 14.3 Å². The number of nitrogens with one attached hydrogen (secondary N) is 1. The van der Waals surface area contributed by atoms with Crippen LogP contribution < -0.4 is 4.74 Å². The van der Waals surface area contributed by atoms with Crippen molar-refractivity contribution in [1.29, 1.82) is 0 Å². The number of sulfonamides is 1. The molecular weight excluding hydrogens is 461 g/mol. The standard InChI is InChI=1S/C24H28FN3O5S/c1-31-11-12-33-13-14-34(29,30)28-9-6-17(7-10-28)22-16-21-19(5-8-26-24(21)27-22)20-15-18(25)3-4-23(20)32-2/h3-6,8,15-16H,7,9-14H2,1-2H3,(H,26,27). The van der Waals surface area contributed by atoms with E-state index in [-0.39, 0.29) is 18.2 Å². The van der Waals surface area contributed by atoms with Gasteiger partial charge in [-0.05, 0) is 47.9 Å². The molecule has 0 bridgehead atoms. The Morgan fingerprint density at radius 2 is 1.97 bits per heavy atom. The first kappa shape index (κ1) is 24.3. The topological polar surface area (TPSA) is 93.8 Å². The van der Waals surface area contributed by atoms with Gasteiger partial charge in [-0.25, -0.2) is 17.8 Å². The van der Waals surface area contributed by atoms with Crippen molar-refractivity contribution in [3.05, 3.63) is 54.1 Å². The van der Waals surface area contributed by atoms with Crippen LogP contribution in [0.3, 0.4) is 0 Å². The Hall–Kier alpha value is -2.79. The van der Waals surface area contributed by atoms with Gasteiger partial charge in [0, 0.05) is 43.0 Å². The van der Waals surface area contributed by atoms with Crippen molar-refractivity contribution in [3.8, 4) is 16.9 Å². The fourth-order valence-corrected chi connectivity index (χ4v) is 5.27. The molecule has 0 saturated heterocycles. The molecule has 0 aliphatic carbocycles. The number of ether oxygens (including phenoxy) is 3. The quantitative estimate of drug-likeness (QED) is 0.439. The van der Waals surface area contributed by atoms with E-state index in [1.807, 2.05) is 18.2 Å². The summed E-state index contributed by atoms with van der Waals surface area (Å²) in [6.07, 6.45) is 4.15. The Bertz CT molecular complexity index is 1290. The van der Waals surface area contributed by atoms with Crippen LogP contribution in [-0.4, -0.2) is 75.6 Å². The third-order valence-corrected chi connectivity index (χ3v) is 7.61. The molecule has 3 aromatic rings. The van der Waals surface area contributed by atoms with Gasteiger partial charge in [0.05, 0.1) is 32.7 Å². The van der Waals surface area contributed by atoms with E-state index in [1.165, 1.54) is 16.4 Å². The SMILES string of the molecule is COCCOCCS(=O)(=O)N1CC=C(c2cc3c(-c4cc(F)ccc4OC)ccnc3[nH]2)CC1. The number of nitrogens with zero attached hydrogens (tertiary/aromatic N) is 2. The van der Waals surface area contributed by atoms with Crippen LogP contribution in [0.4, 0.5) is 4.39 Å². The number of aromatic amines is 1. The van der Waals surface area contributed by atoms with Gasteiger partial charge in [0.1, 0.15) is 17.2 Å². The largest absolute Gasteiger partial charge is 0.496 e. The third-order valence-electron chi connectivity index (χ3n) is 5.81. The van der Waals surface area contributed by atoms with Crippen LogP contribution in [0.1, 0.15) is 12.1 Å². The summed E-state index contributed by atoms with van der Waals surface area (Å²) in [5.74, 6) is 0.159. The Morgan fingerprint density at radius 3 is 2.71 bits per heavy atom. The normalized spacial score (nSPS) is 15.0. The molecule has 10 heteroatoms. The minimum Gasteiger partial charge on any atom is -0.496 e. The van der Waals surface area contributed by atoms with E-state index < -0.39 is 10.0 Å². The fourth-order valence-electron chi connectivity index (χ4n) is 4.01. The van der Waals surface area contributed by atoms with Crippen molar-refractivity contribution < 1.29 is 27.0 Å². The summed E-state index contributed by atoms with van der Waals surface area (Å²) in [6, 6.07) is 8.21. The van der Waals surface area contributed by atoms with Crippen molar-refractivity contribution >= 4 is 26.6 Å². The second kappa shape index (κ2) is 10.6. The van der Waals surface area contributed by atoms with Gasteiger partial charge in [-0.15, -0.1) is 0 Å². The predicted octanol–water partition coefficient (Wildman–Crippen LogP) is 3.46. The number of hydrogen-bond acceptors (Lipinski definition) is 6. The molecule has 0 fully saturated rings. The van der Waals surface area contributed by atoms with Crippen molar-refractivity contribution in [3.63, 3.8) is 0 Å². The zero-order valence-electron chi connectivity index (χ0n) is 19.2. The van der Waals surface area contributed by atoms with E-state index >= 15 is 0 Å². The third kappa shape index (κ3) is 5.30. The highest BCUT2D eigenvalue weighted by Gasteiger charge is 2.25. The first-order valence-electron chi connectivity index (χ1n) is 11.0. The highest BCUT2D eigenvalue weighted by atomic mass is 32.2. The molecule has 4 rings (SSSR count). The van der Waals surface area contributed by atoms with Crippen LogP contribution in [0.25, 0.3) is 27.7 Å². The molecule has 0 atom stereocenters. The number of benzene rings is 1. The molecule has 34 heavy (non-hydrogen) atoms. The number of halogens is 1. The van der Waals surface area contributed by atoms with Crippen LogP contribution in [0.5, 0.6) is 5.75 Å².